The van der Waals surface area contributed by atoms with Gasteiger partial charge in [0.05, 0.1) is 5.56 Å². The standard InChI is InChI=1S/C30H42F3N3O2/c1-5-6-7-8-9-10-11-12-20-34-27(37)22-36(29(2,3)4)28(38)23-14-13-15-26(21-23)35-25-18-16-24(17-19-25)30(31,32)33/h13-19,21,35H,5-12,20,22H2,1-4H3,(H,34,37). The van der Waals surface area contributed by atoms with Gasteiger partial charge >= 0.3 is 6.18 Å². The van der Waals surface area contributed by atoms with E-state index in [-0.39, 0.29) is 18.4 Å². The van der Waals surface area contributed by atoms with Crippen molar-refractivity contribution in [3.8, 4) is 0 Å². The van der Waals surface area contributed by atoms with Gasteiger partial charge in [-0.15, -0.1) is 0 Å². The van der Waals surface area contributed by atoms with E-state index in [1.54, 1.807) is 24.3 Å². The monoisotopic (exact) mass is 533 g/mol. The lowest BCUT2D eigenvalue weighted by Crippen LogP contribution is -2.50. The van der Waals surface area contributed by atoms with Gasteiger partial charge in [0, 0.05) is 29.0 Å². The van der Waals surface area contributed by atoms with Crippen molar-refractivity contribution in [2.45, 2.75) is 90.8 Å². The maximum absolute atomic E-state index is 13.4. The van der Waals surface area contributed by atoms with Crippen molar-refractivity contribution in [2.75, 3.05) is 18.4 Å². The Hall–Kier alpha value is -3.03. The highest BCUT2D eigenvalue weighted by Crippen LogP contribution is 2.30. The normalized spacial score (nSPS) is 11.8. The number of unbranched alkanes of at least 4 members (excludes halogenated alkanes) is 7. The molecular formula is C30H42F3N3O2. The third-order valence-electron chi connectivity index (χ3n) is 6.32. The summed E-state index contributed by atoms with van der Waals surface area (Å²) in [6.45, 7) is 8.36. The molecule has 38 heavy (non-hydrogen) atoms. The topological polar surface area (TPSA) is 61.4 Å². The first-order valence-electron chi connectivity index (χ1n) is 13.5. The minimum atomic E-state index is -4.40. The molecule has 2 aromatic carbocycles. The maximum atomic E-state index is 13.4. The van der Waals surface area contributed by atoms with E-state index in [9.17, 15) is 22.8 Å². The first-order valence-corrected chi connectivity index (χ1v) is 13.5. The van der Waals surface area contributed by atoms with Crippen LogP contribution in [0.5, 0.6) is 0 Å². The SMILES string of the molecule is CCCCCCCCCCNC(=O)CN(C(=O)c1cccc(Nc2ccc(C(F)(F)F)cc2)c1)C(C)(C)C. The van der Waals surface area contributed by atoms with Gasteiger partial charge in [-0.25, -0.2) is 0 Å². The van der Waals surface area contributed by atoms with Crippen molar-refractivity contribution < 1.29 is 22.8 Å². The maximum Gasteiger partial charge on any atom is 0.416 e. The first-order chi connectivity index (χ1) is 17.9. The molecule has 0 fully saturated rings. The third-order valence-corrected chi connectivity index (χ3v) is 6.32. The molecule has 0 aromatic heterocycles. The second kappa shape index (κ2) is 14.8. The summed E-state index contributed by atoms with van der Waals surface area (Å²) in [6.07, 6.45) is 5.08. The molecule has 2 aromatic rings. The van der Waals surface area contributed by atoms with Crippen LogP contribution in [0, 0.1) is 0 Å². The minimum Gasteiger partial charge on any atom is -0.356 e. The summed E-state index contributed by atoms with van der Waals surface area (Å²) >= 11 is 0. The van der Waals surface area contributed by atoms with Crippen molar-refractivity contribution in [3.63, 3.8) is 0 Å². The molecule has 0 radical (unpaired) electrons. The summed E-state index contributed by atoms with van der Waals surface area (Å²) in [5.41, 5.74) is 0.0875. The number of halogens is 3. The lowest BCUT2D eigenvalue weighted by atomic mass is 10.0. The highest BCUT2D eigenvalue weighted by Gasteiger charge is 2.30. The lowest BCUT2D eigenvalue weighted by molar-refractivity contribution is -0.137. The number of benzene rings is 2. The van der Waals surface area contributed by atoms with Gasteiger partial charge in [0.25, 0.3) is 5.91 Å². The molecule has 2 amide bonds. The molecule has 2 N–H and O–H groups in total. The smallest absolute Gasteiger partial charge is 0.356 e. The highest BCUT2D eigenvalue weighted by molar-refractivity contribution is 5.98. The van der Waals surface area contributed by atoms with Gasteiger partial charge in [-0.3, -0.25) is 9.59 Å². The van der Waals surface area contributed by atoms with E-state index in [4.69, 9.17) is 0 Å². The molecule has 0 aliphatic heterocycles. The molecule has 8 heteroatoms. The second-order valence-electron chi connectivity index (χ2n) is 10.7. The van der Waals surface area contributed by atoms with Crippen LogP contribution in [0.2, 0.25) is 0 Å². The summed E-state index contributed by atoms with van der Waals surface area (Å²) in [5, 5.41) is 5.97. The molecule has 0 heterocycles. The largest absolute Gasteiger partial charge is 0.416 e. The summed E-state index contributed by atoms with van der Waals surface area (Å²) in [4.78, 5) is 27.6. The molecule has 0 spiro atoms. The summed E-state index contributed by atoms with van der Waals surface area (Å²) in [6, 6.07) is 11.4. The van der Waals surface area contributed by atoms with Crippen LogP contribution in [0.1, 0.15) is 95.0 Å². The van der Waals surface area contributed by atoms with E-state index in [0.29, 0.717) is 23.5 Å². The molecule has 5 nitrogen and oxygen atoms in total. The molecule has 0 aliphatic carbocycles. The van der Waals surface area contributed by atoms with Crippen LogP contribution >= 0.6 is 0 Å². The van der Waals surface area contributed by atoms with E-state index in [1.165, 1.54) is 55.6 Å². The Morgan fingerprint density at radius 2 is 1.42 bits per heavy atom. The number of anilines is 2. The summed E-state index contributed by atoms with van der Waals surface area (Å²) < 4.78 is 38.5. The van der Waals surface area contributed by atoms with Crippen molar-refractivity contribution in [2.24, 2.45) is 0 Å². The number of hydrogen-bond donors (Lipinski definition) is 2. The predicted octanol–water partition coefficient (Wildman–Crippen LogP) is 7.95. The Balaban J connectivity index is 1.93. The molecule has 210 valence electrons. The van der Waals surface area contributed by atoms with Gasteiger partial charge in [0.15, 0.2) is 0 Å². The fourth-order valence-electron chi connectivity index (χ4n) is 4.09. The Morgan fingerprint density at radius 1 is 0.816 bits per heavy atom. The minimum absolute atomic E-state index is 0.0596. The molecular weight excluding hydrogens is 491 g/mol. The fraction of sp³-hybridized carbons (Fsp3) is 0.533. The zero-order valence-corrected chi connectivity index (χ0v) is 23.1. The Morgan fingerprint density at radius 3 is 2.00 bits per heavy atom. The average Bonchev–Trinajstić information content (AvgIpc) is 2.85. The zero-order chi connectivity index (χ0) is 28.2. The van der Waals surface area contributed by atoms with Crippen molar-refractivity contribution >= 4 is 23.2 Å². The predicted molar refractivity (Wildman–Crippen MR) is 148 cm³/mol. The molecule has 0 unspecified atom stereocenters. The van der Waals surface area contributed by atoms with Crippen molar-refractivity contribution in [1.29, 1.82) is 0 Å². The van der Waals surface area contributed by atoms with Gasteiger partial charge in [0.2, 0.25) is 5.91 Å². The first kappa shape index (κ1) is 31.2. The molecule has 0 aliphatic rings. The van der Waals surface area contributed by atoms with Gasteiger partial charge in [-0.05, 0) is 69.7 Å². The quantitative estimate of drug-likeness (QED) is 0.242. The Bertz CT molecular complexity index is 1010. The van der Waals surface area contributed by atoms with Gasteiger partial charge < -0.3 is 15.5 Å². The van der Waals surface area contributed by atoms with E-state index in [1.807, 2.05) is 20.8 Å². The van der Waals surface area contributed by atoms with E-state index < -0.39 is 17.3 Å². The number of alkyl halides is 3. The number of nitrogens with zero attached hydrogens (tertiary/aromatic N) is 1. The number of hydrogen-bond acceptors (Lipinski definition) is 3. The molecule has 0 atom stereocenters. The molecule has 2 rings (SSSR count). The van der Waals surface area contributed by atoms with E-state index in [0.717, 1.165) is 25.0 Å². The van der Waals surface area contributed by atoms with Gasteiger partial charge in [-0.1, -0.05) is 57.9 Å². The van der Waals surface area contributed by atoms with Crippen LogP contribution in [-0.4, -0.2) is 35.3 Å². The van der Waals surface area contributed by atoms with Crippen LogP contribution in [0.25, 0.3) is 0 Å². The summed E-state index contributed by atoms with van der Waals surface area (Å²) in [5.74, 6) is -0.494. The van der Waals surface area contributed by atoms with E-state index in [2.05, 4.69) is 17.6 Å². The fourth-order valence-corrected chi connectivity index (χ4v) is 4.09. The number of carbonyl (C=O) groups excluding carboxylic acids is 2. The number of amides is 2. The second-order valence-corrected chi connectivity index (χ2v) is 10.7. The highest BCUT2D eigenvalue weighted by atomic mass is 19.4. The number of carbonyl (C=O) groups is 2. The molecule has 0 bridgehead atoms. The van der Waals surface area contributed by atoms with Crippen molar-refractivity contribution in [1.82, 2.24) is 10.2 Å². The summed E-state index contributed by atoms with van der Waals surface area (Å²) in [7, 11) is 0. The molecule has 0 saturated carbocycles. The van der Waals surface area contributed by atoms with Gasteiger partial charge in [-0.2, -0.15) is 13.2 Å². The number of rotatable bonds is 14. The average molecular weight is 534 g/mol. The lowest BCUT2D eigenvalue weighted by Gasteiger charge is -2.35. The zero-order valence-electron chi connectivity index (χ0n) is 23.1. The van der Waals surface area contributed by atoms with Crippen LogP contribution in [0.15, 0.2) is 48.5 Å². The van der Waals surface area contributed by atoms with E-state index >= 15 is 0 Å². The van der Waals surface area contributed by atoms with Gasteiger partial charge in [0.1, 0.15) is 6.54 Å². The van der Waals surface area contributed by atoms with Crippen molar-refractivity contribution in [3.05, 3.63) is 59.7 Å². The number of nitrogens with one attached hydrogen (secondary N) is 2. The van der Waals surface area contributed by atoms with Crippen LogP contribution in [-0.2, 0) is 11.0 Å². The van der Waals surface area contributed by atoms with Crippen LogP contribution in [0.3, 0.4) is 0 Å². The Labute approximate surface area is 225 Å². The molecule has 0 saturated heterocycles. The van der Waals surface area contributed by atoms with Crippen LogP contribution in [0.4, 0.5) is 24.5 Å². The Kier molecular flexibility index (Phi) is 12.1. The van der Waals surface area contributed by atoms with Crippen LogP contribution < -0.4 is 10.6 Å². The third kappa shape index (κ3) is 10.8.